The molecule has 0 atom stereocenters. The van der Waals surface area contributed by atoms with E-state index in [-0.39, 0.29) is 59.6 Å². The van der Waals surface area contributed by atoms with E-state index in [0.29, 0.717) is 0 Å². The van der Waals surface area contributed by atoms with Gasteiger partial charge in [0.05, 0.1) is 43.2 Å². The maximum Gasteiger partial charge on any atom is 0.339 e. The number of hydrogen-bond donors (Lipinski definition) is 3. The standard InChI is InChI=1S/C17H19ClN2O7/c1-3-27-13-7-12(11(18)6-9(13)16(23)24)19-14-10(17(25)26-2)8-20(4-5-21)15(14)22/h6-7,19,21H,3-5,8H2,1-2H3,(H,23,24). The van der Waals surface area contributed by atoms with Crippen molar-refractivity contribution in [1.29, 1.82) is 0 Å². The smallest absolute Gasteiger partial charge is 0.339 e. The highest BCUT2D eigenvalue weighted by atomic mass is 35.5. The van der Waals surface area contributed by atoms with Gasteiger partial charge in [0, 0.05) is 12.6 Å². The Labute approximate surface area is 160 Å². The number of anilines is 1. The molecule has 1 heterocycles. The normalized spacial score (nSPS) is 13.8. The minimum atomic E-state index is -1.22. The minimum absolute atomic E-state index is 0.0287. The lowest BCUT2D eigenvalue weighted by atomic mass is 10.1. The third kappa shape index (κ3) is 4.32. The van der Waals surface area contributed by atoms with Crippen LogP contribution < -0.4 is 10.1 Å². The zero-order valence-electron chi connectivity index (χ0n) is 14.7. The van der Waals surface area contributed by atoms with E-state index in [1.807, 2.05) is 0 Å². The van der Waals surface area contributed by atoms with Gasteiger partial charge in [-0.25, -0.2) is 9.59 Å². The van der Waals surface area contributed by atoms with Crippen LogP contribution in [0, 0.1) is 0 Å². The summed E-state index contributed by atoms with van der Waals surface area (Å²) in [6.07, 6.45) is 0. The second kappa shape index (κ2) is 8.74. The summed E-state index contributed by atoms with van der Waals surface area (Å²) >= 11 is 6.15. The molecular formula is C17H19ClN2O7. The van der Waals surface area contributed by atoms with Crippen molar-refractivity contribution in [3.8, 4) is 5.75 Å². The van der Waals surface area contributed by atoms with Gasteiger partial charge in [-0.05, 0) is 13.0 Å². The van der Waals surface area contributed by atoms with Crippen LogP contribution in [0.4, 0.5) is 5.69 Å². The summed E-state index contributed by atoms with van der Waals surface area (Å²) in [6.45, 7) is 1.66. The Hall–Kier alpha value is -2.78. The molecule has 2 rings (SSSR count). The molecular weight excluding hydrogens is 380 g/mol. The number of amides is 1. The molecule has 146 valence electrons. The summed E-state index contributed by atoms with van der Waals surface area (Å²) in [6, 6.07) is 2.54. The SMILES string of the molecule is CCOc1cc(NC2=C(C(=O)OC)CN(CCO)C2=O)c(Cl)cc1C(=O)O. The predicted octanol–water partition coefficient (Wildman–Crippen LogP) is 1.11. The number of carbonyl (C=O) groups excluding carboxylic acids is 2. The zero-order valence-corrected chi connectivity index (χ0v) is 15.5. The van der Waals surface area contributed by atoms with Crippen molar-refractivity contribution in [2.75, 3.05) is 38.7 Å². The summed E-state index contributed by atoms with van der Waals surface area (Å²) in [5.41, 5.74) is 0.0879. The Balaban J connectivity index is 2.46. The highest BCUT2D eigenvalue weighted by Crippen LogP contribution is 2.33. The van der Waals surface area contributed by atoms with Gasteiger partial charge >= 0.3 is 11.9 Å². The van der Waals surface area contributed by atoms with Crippen LogP contribution in [0.25, 0.3) is 0 Å². The number of carboxylic acid groups (broad SMARTS) is 1. The second-order valence-electron chi connectivity index (χ2n) is 5.49. The van der Waals surface area contributed by atoms with Crippen molar-refractivity contribution in [3.05, 3.63) is 34.0 Å². The van der Waals surface area contributed by atoms with E-state index in [1.165, 1.54) is 24.1 Å². The molecule has 3 N–H and O–H groups in total. The molecule has 0 unspecified atom stereocenters. The molecule has 1 aliphatic rings. The van der Waals surface area contributed by atoms with Gasteiger partial charge in [0.1, 0.15) is 17.0 Å². The van der Waals surface area contributed by atoms with Crippen molar-refractivity contribution in [2.45, 2.75) is 6.92 Å². The van der Waals surface area contributed by atoms with E-state index < -0.39 is 17.8 Å². The molecule has 1 aromatic carbocycles. The van der Waals surface area contributed by atoms with Crippen LogP contribution in [0.2, 0.25) is 5.02 Å². The Morgan fingerprint density at radius 2 is 2.07 bits per heavy atom. The van der Waals surface area contributed by atoms with Crippen LogP contribution >= 0.6 is 11.6 Å². The van der Waals surface area contributed by atoms with Gasteiger partial charge < -0.3 is 29.9 Å². The molecule has 1 aliphatic heterocycles. The molecule has 10 heteroatoms. The number of methoxy groups -OCH3 is 1. The fourth-order valence-corrected chi connectivity index (χ4v) is 2.79. The number of nitrogens with one attached hydrogen (secondary N) is 1. The van der Waals surface area contributed by atoms with E-state index in [4.69, 9.17) is 26.2 Å². The van der Waals surface area contributed by atoms with Crippen molar-refractivity contribution >= 4 is 35.1 Å². The number of halogens is 1. The topological polar surface area (TPSA) is 125 Å². The first kappa shape index (κ1) is 20.5. The summed E-state index contributed by atoms with van der Waals surface area (Å²) in [5, 5.41) is 21.2. The van der Waals surface area contributed by atoms with E-state index in [2.05, 4.69) is 5.32 Å². The minimum Gasteiger partial charge on any atom is -0.493 e. The highest BCUT2D eigenvalue weighted by molar-refractivity contribution is 6.34. The fourth-order valence-electron chi connectivity index (χ4n) is 2.57. The van der Waals surface area contributed by atoms with Crippen molar-refractivity contribution in [2.24, 2.45) is 0 Å². The average Bonchev–Trinajstić information content (AvgIpc) is 2.93. The third-order valence-electron chi connectivity index (χ3n) is 3.81. The Kier molecular flexibility index (Phi) is 6.65. The first-order chi connectivity index (χ1) is 12.8. The number of ether oxygens (including phenoxy) is 2. The fraction of sp³-hybridized carbons (Fsp3) is 0.353. The van der Waals surface area contributed by atoms with Gasteiger partial charge in [0.15, 0.2) is 0 Å². The van der Waals surface area contributed by atoms with Gasteiger partial charge in [-0.15, -0.1) is 0 Å². The molecule has 9 nitrogen and oxygen atoms in total. The Morgan fingerprint density at radius 1 is 1.37 bits per heavy atom. The molecule has 1 amide bonds. The molecule has 0 bridgehead atoms. The number of carboxylic acids is 1. The Morgan fingerprint density at radius 3 is 2.63 bits per heavy atom. The van der Waals surface area contributed by atoms with Crippen LogP contribution in [0.15, 0.2) is 23.4 Å². The lowest BCUT2D eigenvalue weighted by Crippen LogP contribution is -2.31. The number of β-amino-alcohol motifs (C(OH)–C–C–N with tert-alkyl or cyclic N) is 1. The number of nitrogens with zero attached hydrogens (tertiary/aromatic N) is 1. The summed E-state index contributed by atoms with van der Waals surface area (Å²) < 4.78 is 10.0. The summed E-state index contributed by atoms with van der Waals surface area (Å²) in [5.74, 6) is -2.36. The van der Waals surface area contributed by atoms with Crippen LogP contribution in [0.1, 0.15) is 17.3 Å². The monoisotopic (exact) mass is 398 g/mol. The molecule has 0 spiro atoms. The number of aliphatic hydroxyl groups excluding tert-OH is 1. The molecule has 0 aliphatic carbocycles. The van der Waals surface area contributed by atoms with Crippen molar-refractivity contribution < 1.29 is 34.1 Å². The van der Waals surface area contributed by atoms with Crippen LogP contribution in [0.3, 0.4) is 0 Å². The number of hydrogen-bond acceptors (Lipinski definition) is 7. The number of aromatic carboxylic acids is 1. The van der Waals surface area contributed by atoms with E-state index in [0.717, 1.165) is 0 Å². The number of benzene rings is 1. The quantitative estimate of drug-likeness (QED) is 0.556. The largest absolute Gasteiger partial charge is 0.493 e. The average molecular weight is 399 g/mol. The lowest BCUT2D eigenvalue weighted by molar-refractivity contribution is -0.136. The van der Waals surface area contributed by atoms with Crippen LogP contribution in [-0.2, 0) is 14.3 Å². The van der Waals surface area contributed by atoms with E-state index in [1.54, 1.807) is 6.92 Å². The molecule has 27 heavy (non-hydrogen) atoms. The Bertz CT molecular complexity index is 807. The zero-order chi connectivity index (χ0) is 20.1. The predicted molar refractivity (Wildman–Crippen MR) is 95.9 cm³/mol. The highest BCUT2D eigenvalue weighted by Gasteiger charge is 2.35. The lowest BCUT2D eigenvalue weighted by Gasteiger charge is -2.16. The van der Waals surface area contributed by atoms with Crippen molar-refractivity contribution in [1.82, 2.24) is 4.90 Å². The maximum atomic E-state index is 12.5. The first-order valence-electron chi connectivity index (χ1n) is 8.02. The van der Waals surface area contributed by atoms with Crippen molar-refractivity contribution in [3.63, 3.8) is 0 Å². The van der Waals surface area contributed by atoms with Crippen LogP contribution in [-0.4, -0.2) is 66.4 Å². The number of rotatable bonds is 8. The number of aliphatic hydroxyl groups is 1. The van der Waals surface area contributed by atoms with Gasteiger partial charge in [-0.2, -0.15) is 0 Å². The van der Waals surface area contributed by atoms with Gasteiger partial charge in [0.25, 0.3) is 5.91 Å². The third-order valence-corrected chi connectivity index (χ3v) is 4.13. The van der Waals surface area contributed by atoms with E-state index >= 15 is 0 Å². The number of esters is 1. The summed E-state index contributed by atoms with van der Waals surface area (Å²) in [4.78, 5) is 37.2. The maximum absolute atomic E-state index is 12.5. The second-order valence-corrected chi connectivity index (χ2v) is 5.89. The summed E-state index contributed by atoms with van der Waals surface area (Å²) in [7, 11) is 1.19. The molecule has 0 aromatic heterocycles. The molecule has 1 aromatic rings. The van der Waals surface area contributed by atoms with Gasteiger partial charge in [-0.1, -0.05) is 11.6 Å². The molecule has 0 fully saturated rings. The number of carbonyl (C=O) groups is 3. The van der Waals surface area contributed by atoms with Crippen LogP contribution in [0.5, 0.6) is 5.75 Å². The van der Waals surface area contributed by atoms with E-state index in [9.17, 15) is 19.5 Å². The first-order valence-corrected chi connectivity index (χ1v) is 8.40. The molecule has 0 radical (unpaired) electrons. The van der Waals surface area contributed by atoms with Gasteiger partial charge in [0.2, 0.25) is 0 Å². The molecule has 0 saturated carbocycles. The molecule has 0 saturated heterocycles. The van der Waals surface area contributed by atoms with Gasteiger partial charge in [-0.3, -0.25) is 4.79 Å².